The van der Waals surface area contributed by atoms with E-state index in [4.69, 9.17) is 11.6 Å². The molecule has 0 amide bonds. The molecule has 1 atom stereocenters. The molecule has 0 aliphatic rings. The number of hydrogen-bond donors (Lipinski definition) is 0. The minimum absolute atomic E-state index is 0. The summed E-state index contributed by atoms with van der Waals surface area (Å²) in [7, 11) is 4.17. The summed E-state index contributed by atoms with van der Waals surface area (Å²) in [4.78, 5) is 2.20. The third-order valence-electron chi connectivity index (χ3n) is 3.04. The van der Waals surface area contributed by atoms with Crippen molar-refractivity contribution in [3.05, 3.63) is 76.8 Å². The zero-order chi connectivity index (χ0) is 13.7. The maximum absolute atomic E-state index is 5.89. The van der Waals surface area contributed by atoms with Crippen molar-refractivity contribution in [1.29, 1.82) is 0 Å². The van der Waals surface area contributed by atoms with E-state index in [0.29, 0.717) is 0 Å². The van der Waals surface area contributed by atoms with E-state index >= 15 is 0 Å². The average molecular weight is 308 g/mol. The second kappa shape index (κ2) is 8.11. The first-order valence-corrected chi connectivity index (χ1v) is 6.70. The van der Waals surface area contributed by atoms with Gasteiger partial charge in [-0.05, 0) is 37.4 Å². The number of likely N-dealkylation sites (N-methyl/N-ethyl adjacent to an activating group) is 1. The Hall–Kier alpha value is -1.28. The smallest absolute Gasteiger partial charge is 0.0529 e. The lowest BCUT2D eigenvalue weighted by Gasteiger charge is -2.21. The van der Waals surface area contributed by atoms with Crippen molar-refractivity contribution in [3.8, 4) is 0 Å². The zero-order valence-corrected chi connectivity index (χ0v) is 13.2. The monoisotopic (exact) mass is 307 g/mol. The summed E-state index contributed by atoms with van der Waals surface area (Å²) in [6.07, 6.45) is 4.34. The Balaban J connectivity index is 0.00000200. The summed E-state index contributed by atoms with van der Waals surface area (Å²) in [6, 6.07) is 18.6. The summed E-state index contributed by atoms with van der Waals surface area (Å²) in [5.74, 6) is 0. The average Bonchev–Trinajstić information content (AvgIpc) is 2.42. The van der Waals surface area contributed by atoms with Crippen LogP contribution < -0.4 is 0 Å². The van der Waals surface area contributed by atoms with Crippen LogP contribution in [-0.4, -0.2) is 19.0 Å². The van der Waals surface area contributed by atoms with Gasteiger partial charge in [0, 0.05) is 5.02 Å². The number of benzene rings is 2. The summed E-state index contributed by atoms with van der Waals surface area (Å²) in [5.41, 5.74) is 2.45. The minimum atomic E-state index is 0. The summed E-state index contributed by atoms with van der Waals surface area (Å²) < 4.78 is 0. The van der Waals surface area contributed by atoms with Crippen LogP contribution in [0.5, 0.6) is 0 Å². The Kier molecular flexibility index (Phi) is 6.80. The third kappa shape index (κ3) is 4.68. The number of halogens is 2. The molecule has 0 saturated carbocycles. The molecule has 0 aliphatic carbocycles. The van der Waals surface area contributed by atoms with E-state index in [0.717, 1.165) is 10.6 Å². The molecule has 3 heteroatoms. The Morgan fingerprint density at radius 2 is 1.55 bits per heavy atom. The van der Waals surface area contributed by atoms with Gasteiger partial charge in [0.25, 0.3) is 0 Å². The molecule has 0 N–H and O–H groups in total. The van der Waals surface area contributed by atoms with Crippen LogP contribution in [-0.2, 0) is 0 Å². The van der Waals surface area contributed by atoms with Crippen molar-refractivity contribution in [1.82, 2.24) is 4.90 Å². The zero-order valence-electron chi connectivity index (χ0n) is 11.7. The highest BCUT2D eigenvalue weighted by Crippen LogP contribution is 2.21. The maximum atomic E-state index is 5.89. The van der Waals surface area contributed by atoms with Gasteiger partial charge in [0.2, 0.25) is 0 Å². The van der Waals surface area contributed by atoms with Crippen LogP contribution in [0.25, 0.3) is 6.08 Å². The highest BCUT2D eigenvalue weighted by Gasteiger charge is 2.09. The number of nitrogens with zero attached hydrogens (tertiary/aromatic N) is 1. The molecule has 2 aromatic carbocycles. The Bertz CT molecular complexity index is 533. The van der Waals surface area contributed by atoms with E-state index in [-0.39, 0.29) is 18.4 Å². The molecule has 2 aromatic rings. The molecule has 106 valence electrons. The van der Waals surface area contributed by atoms with Gasteiger partial charge in [-0.25, -0.2) is 0 Å². The van der Waals surface area contributed by atoms with Crippen molar-refractivity contribution in [3.63, 3.8) is 0 Å². The van der Waals surface area contributed by atoms with E-state index in [2.05, 4.69) is 55.4 Å². The quantitative estimate of drug-likeness (QED) is 0.761. The molecule has 1 nitrogen and oxygen atoms in total. The van der Waals surface area contributed by atoms with Crippen LogP contribution in [0.15, 0.2) is 60.7 Å². The van der Waals surface area contributed by atoms with Crippen molar-refractivity contribution in [2.75, 3.05) is 14.1 Å². The largest absolute Gasteiger partial charge is 0.299 e. The molecule has 0 bridgehead atoms. The van der Waals surface area contributed by atoms with E-state index in [1.165, 1.54) is 5.56 Å². The van der Waals surface area contributed by atoms with Crippen LogP contribution in [0.1, 0.15) is 17.2 Å². The summed E-state index contributed by atoms with van der Waals surface area (Å²) in [5, 5.41) is 0.768. The Morgan fingerprint density at radius 1 is 0.950 bits per heavy atom. The van der Waals surface area contributed by atoms with Gasteiger partial charge in [-0.15, -0.1) is 12.4 Å². The first-order valence-electron chi connectivity index (χ1n) is 6.32. The van der Waals surface area contributed by atoms with Crippen molar-refractivity contribution in [2.45, 2.75) is 6.04 Å². The first kappa shape index (κ1) is 16.8. The topological polar surface area (TPSA) is 3.24 Å². The molecule has 20 heavy (non-hydrogen) atoms. The minimum Gasteiger partial charge on any atom is -0.299 e. The van der Waals surface area contributed by atoms with Gasteiger partial charge < -0.3 is 0 Å². The molecule has 0 spiro atoms. The third-order valence-corrected chi connectivity index (χ3v) is 3.29. The fourth-order valence-corrected chi connectivity index (χ4v) is 2.13. The molecular formula is C17H19Cl2N. The lowest BCUT2D eigenvalue weighted by Crippen LogP contribution is -2.17. The van der Waals surface area contributed by atoms with Crippen molar-refractivity contribution >= 4 is 30.1 Å². The van der Waals surface area contributed by atoms with Crippen LogP contribution in [0.2, 0.25) is 5.02 Å². The highest BCUT2D eigenvalue weighted by molar-refractivity contribution is 6.30. The van der Waals surface area contributed by atoms with Crippen LogP contribution in [0.4, 0.5) is 0 Å². The highest BCUT2D eigenvalue weighted by atomic mass is 35.5. The van der Waals surface area contributed by atoms with Crippen molar-refractivity contribution in [2.24, 2.45) is 0 Å². The predicted molar refractivity (Wildman–Crippen MR) is 90.6 cm³/mol. The lowest BCUT2D eigenvalue weighted by molar-refractivity contribution is 0.352. The lowest BCUT2D eigenvalue weighted by atomic mass is 10.0. The van der Waals surface area contributed by atoms with Crippen LogP contribution in [0, 0.1) is 0 Å². The van der Waals surface area contributed by atoms with Gasteiger partial charge in [0.1, 0.15) is 0 Å². The normalized spacial score (nSPS) is 12.4. The maximum Gasteiger partial charge on any atom is 0.0529 e. The van der Waals surface area contributed by atoms with Gasteiger partial charge in [-0.2, -0.15) is 0 Å². The molecule has 0 fully saturated rings. The Labute approximate surface area is 132 Å². The van der Waals surface area contributed by atoms with Gasteiger partial charge in [-0.3, -0.25) is 4.90 Å². The van der Waals surface area contributed by atoms with Gasteiger partial charge in [-0.1, -0.05) is 66.2 Å². The standard InChI is InChI=1S/C17H18ClN.ClH/c1-19(2)17(15-6-4-3-5-7-15)13-10-14-8-11-16(18)12-9-14;/h3-13,17H,1-2H3;1H/b13-10+;. The predicted octanol–water partition coefficient (Wildman–Crippen LogP) is 5.08. The molecule has 0 radical (unpaired) electrons. The van der Waals surface area contributed by atoms with Crippen LogP contribution >= 0.6 is 24.0 Å². The fraction of sp³-hybridized carbons (Fsp3) is 0.176. The summed E-state index contributed by atoms with van der Waals surface area (Å²) in [6.45, 7) is 0. The molecule has 0 aromatic heterocycles. The second-order valence-corrected chi connectivity index (χ2v) is 5.17. The van der Waals surface area contributed by atoms with E-state index in [1.54, 1.807) is 0 Å². The molecular weight excluding hydrogens is 289 g/mol. The molecule has 0 heterocycles. The van der Waals surface area contributed by atoms with Crippen molar-refractivity contribution < 1.29 is 0 Å². The first-order chi connectivity index (χ1) is 9.16. The molecule has 2 rings (SSSR count). The molecule has 0 aliphatic heterocycles. The van der Waals surface area contributed by atoms with Gasteiger partial charge in [0.05, 0.1) is 6.04 Å². The molecule has 1 unspecified atom stereocenters. The Morgan fingerprint density at radius 3 is 2.10 bits per heavy atom. The van der Waals surface area contributed by atoms with Gasteiger partial charge >= 0.3 is 0 Å². The molecule has 0 saturated heterocycles. The summed E-state index contributed by atoms with van der Waals surface area (Å²) >= 11 is 5.89. The fourth-order valence-electron chi connectivity index (χ4n) is 2.01. The second-order valence-electron chi connectivity index (χ2n) is 4.73. The number of hydrogen-bond acceptors (Lipinski definition) is 1. The van der Waals surface area contributed by atoms with E-state index in [1.807, 2.05) is 30.3 Å². The van der Waals surface area contributed by atoms with Crippen LogP contribution in [0.3, 0.4) is 0 Å². The SMILES string of the molecule is CN(C)C(/C=C/c1ccc(Cl)cc1)c1ccccc1.Cl. The number of rotatable bonds is 4. The van der Waals surface area contributed by atoms with E-state index < -0.39 is 0 Å². The van der Waals surface area contributed by atoms with E-state index in [9.17, 15) is 0 Å². The van der Waals surface area contributed by atoms with Gasteiger partial charge in [0.15, 0.2) is 0 Å².